The van der Waals surface area contributed by atoms with Gasteiger partial charge in [0.05, 0.1) is 6.04 Å². The summed E-state index contributed by atoms with van der Waals surface area (Å²) < 4.78 is 0. The number of piperidine rings is 1. The van der Waals surface area contributed by atoms with Gasteiger partial charge in [-0.1, -0.05) is 18.2 Å². The van der Waals surface area contributed by atoms with Crippen molar-refractivity contribution in [3.8, 4) is 0 Å². The third-order valence-corrected chi connectivity index (χ3v) is 3.17. The zero-order valence-corrected chi connectivity index (χ0v) is 12.9. The predicted octanol–water partition coefficient (Wildman–Crippen LogP) is -0.237. The van der Waals surface area contributed by atoms with Crippen LogP contribution in [0.15, 0.2) is 24.3 Å². The van der Waals surface area contributed by atoms with Crippen molar-refractivity contribution in [2.75, 3.05) is 0 Å². The lowest BCUT2D eigenvalue weighted by Crippen LogP contribution is -2.50. The van der Waals surface area contributed by atoms with Crippen molar-refractivity contribution < 1.29 is 14.4 Å². The van der Waals surface area contributed by atoms with E-state index in [-0.39, 0.29) is 34.7 Å². The van der Waals surface area contributed by atoms with Crippen LogP contribution in [0.1, 0.15) is 28.8 Å². The number of carbonyl (C=O) groups is 3. The molecule has 1 atom stereocenters. The Kier molecular flexibility index (Phi) is 6.47. The fourth-order valence-electron chi connectivity index (χ4n) is 2.10. The molecule has 1 aromatic carbocycles. The maximum absolute atomic E-state index is 11.6. The molecule has 0 saturated carbocycles. The maximum atomic E-state index is 11.6. The maximum Gasteiger partial charge on any atom is 0.265 e. The van der Waals surface area contributed by atoms with Crippen LogP contribution in [-0.4, -0.2) is 23.8 Å². The highest BCUT2D eigenvalue weighted by molar-refractivity contribution is 8.93. The van der Waals surface area contributed by atoms with Gasteiger partial charge in [-0.3, -0.25) is 25.1 Å². The van der Waals surface area contributed by atoms with Gasteiger partial charge in [0.15, 0.2) is 0 Å². The SMILES string of the molecule is Br.NNC(=O)c1ccccc1CN[C@H]1CCC(=O)NC1=O. The van der Waals surface area contributed by atoms with E-state index in [9.17, 15) is 14.4 Å². The second-order valence-electron chi connectivity index (χ2n) is 4.52. The second-order valence-corrected chi connectivity index (χ2v) is 4.52. The molecule has 3 amide bonds. The molecule has 7 nitrogen and oxygen atoms in total. The first-order chi connectivity index (χ1) is 9.61. The molecule has 8 heteroatoms. The molecule has 0 radical (unpaired) electrons. The number of nitrogen functional groups attached to an aromatic ring is 1. The lowest BCUT2D eigenvalue weighted by molar-refractivity contribution is -0.134. The average Bonchev–Trinajstić information content (AvgIpc) is 2.46. The first-order valence-electron chi connectivity index (χ1n) is 6.27. The molecule has 114 valence electrons. The number of carbonyl (C=O) groups excluding carboxylic acids is 3. The largest absolute Gasteiger partial charge is 0.302 e. The third kappa shape index (κ3) is 4.35. The van der Waals surface area contributed by atoms with Gasteiger partial charge in [-0.15, -0.1) is 17.0 Å². The number of hydrogen-bond acceptors (Lipinski definition) is 5. The van der Waals surface area contributed by atoms with Gasteiger partial charge in [0.25, 0.3) is 5.91 Å². The molecule has 1 aliphatic heterocycles. The van der Waals surface area contributed by atoms with Gasteiger partial charge in [-0.2, -0.15) is 0 Å². The summed E-state index contributed by atoms with van der Waals surface area (Å²) in [4.78, 5) is 34.3. The highest BCUT2D eigenvalue weighted by atomic mass is 79.9. The molecule has 0 bridgehead atoms. The van der Waals surface area contributed by atoms with Crippen LogP contribution in [0.3, 0.4) is 0 Å². The van der Waals surface area contributed by atoms with E-state index in [2.05, 4.69) is 16.1 Å². The van der Waals surface area contributed by atoms with Crippen molar-refractivity contribution in [3.63, 3.8) is 0 Å². The molecule has 1 fully saturated rings. The third-order valence-electron chi connectivity index (χ3n) is 3.17. The van der Waals surface area contributed by atoms with E-state index in [1.165, 1.54) is 0 Å². The van der Waals surface area contributed by atoms with Gasteiger partial charge < -0.3 is 5.32 Å². The number of nitrogens with one attached hydrogen (secondary N) is 3. The van der Waals surface area contributed by atoms with Gasteiger partial charge in [-0.05, 0) is 18.1 Å². The molecule has 1 aromatic rings. The van der Waals surface area contributed by atoms with Crippen molar-refractivity contribution in [1.82, 2.24) is 16.1 Å². The van der Waals surface area contributed by atoms with Gasteiger partial charge in [0.2, 0.25) is 11.8 Å². The Labute approximate surface area is 132 Å². The van der Waals surface area contributed by atoms with Crippen molar-refractivity contribution >= 4 is 34.7 Å². The van der Waals surface area contributed by atoms with Crippen LogP contribution < -0.4 is 21.9 Å². The molecule has 1 heterocycles. The van der Waals surface area contributed by atoms with E-state index in [1.807, 2.05) is 0 Å². The number of benzene rings is 1. The van der Waals surface area contributed by atoms with Gasteiger partial charge in [0.1, 0.15) is 0 Å². The summed E-state index contributed by atoms with van der Waals surface area (Å²) in [6.07, 6.45) is 0.768. The quantitative estimate of drug-likeness (QED) is 0.257. The van der Waals surface area contributed by atoms with Gasteiger partial charge in [0, 0.05) is 18.5 Å². The number of amides is 3. The summed E-state index contributed by atoms with van der Waals surface area (Å²) in [5.74, 6) is 4.16. The minimum atomic E-state index is -0.429. The second kappa shape index (κ2) is 7.87. The smallest absolute Gasteiger partial charge is 0.265 e. The number of rotatable bonds is 4. The van der Waals surface area contributed by atoms with Crippen molar-refractivity contribution in [1.29, 1.82) is 0 Å². The molecule has 0 unspecified atom stereocenters. The van der Waals surface area contributed by atoms with E-state index in [0.717, 1.165) is 5.56 Å². The van der Waals surface area contributed by atoms with Crippen LogP contribution >= 0.6 is 17.0 Å². The van der Waals surface area contributed by atoms with E-state index in [0.29, 0.717) is 24.9 Å². The Balaban J connectivity index is 0.00000220. The molecule has 1 saturated heterocycles. The van der Waals surface area contributed by atoms with E-state index in [4.69, 9.17) is 5.84 Å². The normalized spacial score (nSPS) is 17.7. The Bertz CT molecular complexity index is 550. The van der Waals surface area contributed by atoms with Crippen LogP contribution in [0.4, 0.5) is 0 Å². The molecule has 0 aliphatic carbocycles. The number of halogens is 1. The molecule has 0 aromatic heterocycles. The number of hydrazine groups is 1. The van der Waals surface area contributed by atoms with Gasteiger partial charge in [-0.25, -0.2) is 5.84 Å². The summed E-state index contributed by atoms with van der Waals surface area (Å²) in [7, 11) is 0. The first-order valence-corrected chi connectivity index (χ1v) is 6.27. The lowest BCUT2D eigenvalue weighted by Gasteiger charge is -2.22. The van der Waals surface area contributed by atoms with E-state index in [1.54, 1.807) is 24.3 Å². The van der Waals surface area contributed by atoms with Crippen LogP contribution in [0.25, 0.3) is 0 Å². The highest BCUT2D eigenvalue weighted by Gasteiger charge is 2.26. The zero-order chi connectivity index (χ0) is 14.5. The van der Waals surface area contributed by atoms with Crippen molar-refractivity contribution in [2.45, 2.75) is 25.4 Å². The van der Waals surface area contributed by atoms with E-state index >= 15 is 0 Å². The molecular weight excluding hydrogens is 340 g/mol. The van der Waals surface area contributed by atoms with E-state index < -0.39 is 6.04 Å². The number of nitrogens with two attached hydrogens (primary N) is 1. The molecule has 21 heavy (non-hydrogen) atoms. The van der Waals surface area contributed by atoms with Crippen LogP contribution in [0, 0.1) is 0 Å². The highest BCUT2D eigenvalue weighted by Crippen LogP contribution is 2.10. The lowest BCUT2D eigenvalue weighted by atomic mass is 10.0. The Morgan fingerprint density at radius 2 is 2.05 bits per heavy atom. The molecule has 5 N–H and O–H groups in total. The van der Waals surface area contributed by atoms with Gasteiger partial charge >= 0.3 is 0 Å². The first kappa shape index (κ1) is 17.3. The Morgan fingerprint density at radius 1 is 1.33 bits per heavy atom. The van der Waals surface area contributed by atoms with Crippen molar-refractivity contribution in [3.05, 3.63) is 35.4 Å². The summed E-state index contributed by atoms with van der Waals surface area (Å²) in [5, 5.41) is 5.32. The summed E-state index contributed by atoms with van der Waals surface area (Å²) >= 11 is 0. The minimum Gasteiger partial charge on any atom is -0.302 e. The Hall–Kier alpha value is -1.77. The predicted molar refractivity (Wildman–Crippen MR) is 81.4 cm³/mol. The fourth-order valence-corrected chi connectivity index (χ4v) is 2.10. The fraction of sp³-hybridized carbons (Fsp3) is 0.308. The molecule has 2 rings (SSSR count). The summed E-state index contributed by atoms with van der Waals surface area (Å²) in [5.41, 5.74) is 3.27. The minimum absolute atomic E-state index is 0. The standard InChI is InChI=1S/C13H16N4O3.BrH/c14-17-12(19)9-4-2-1-3-8(9)7-15-10-5-6-11(18)16-13(10)20;/h1-4,10,15H,5-7,14H2,(H,17,19)(H,16,18,20);1H/t10-;/m0./s1. The topological polar surface area (TPSA) is 113 Å². The molecule has 0 spiro atoms. The molecular formula is C13H17BrN4O3. The number of hydrogen-bond donors (Lipinski definition) is 4. The number of imide groups is 1. The van der Waals surface area contributed by atoms with Crippen molar-refractivity contribution in [2.24, 2.45) is 5.84 Å². The summed E-state index contributed by atoms with van der Waals surface area (Å²) in [6.45, 7) is 0.343. The van der Waals surface area contributed by atoms with Crippen LogP contribution in [0.5, 0.6) is 0 Å². The van der Waals surface area contributed by atoms with Crippen LogP contribution in [0.2, 0.25) is 0 Å². The monoisotopic (exact) mass is 356 g/mol. The average molecular weight is 357 g/mol. The van der Waals surface area contributed by atoms with Crippen LogP contribution in [-0.2, 0) is 16.1 Å². The summed E-state index contributed by atoms with van der Waals surface area (Å²) in [6, 6.07) is 6.55. The zero-order valence-electron chi connectivity index (χ0n) is 11.2. The Morgan fingerprint density at radius 3 is 2.71 bits per heavy atom. The molecule has 1 aliphatic rings.